The number of allylic oxidation sites excluding steroid dienone is 2. The average Bonchev–Trinajstić information content (AvgIpc) is 3.08. The van der Waals surface area contributed by atoms with Crippen molar-refractivity contribution in [2.75, 3.05) is 5.32 Å². The lowest BCUT2D eigenvalue weighted by Gasteiger charge is -2.33. The fraction of sp³-hybridized carbons (Fsp3) is 0.186. The van der Waals surface area contributed by atoms with Crippen molar-refractivity contribution in [1.82, 2.24) is 4.98 Å². The number of aromatic nitrogens is 1. The minimum absolute atomic E-state index is 0.189. The van der Waals surface area contributed by atoms with Crippen LogP contribution in [0.25, 0.3) is 21.8 Å². The van der Waals surface area contributed by atoms with Crippen LogP contribution in [0.4, 0.5) is 5.69 Å². The maximum absolute atomic E-state index is 5.60. The third-order valence-electron chi connectivity index (χ3n) is 9.94. The van der Waals surface area contributed by atoms with Gasteiger partial charge in [-0.25, -0.2) is 4.98 Å². The molecule has 0 radical (unpaired) electrons. The minimum Gasteiger partial charge on any atom is -0.378 e. The van der Waals surface area contributed by atoms with Crippen LogP contribution in [0.15, 0.2) is 139 Å². The number of benzene rings is 5. The molecule has 6 aromatic rings. The number of hydrogen-bond donors (Lipinski definition) is 1. The maximum Gasteiger partial charge on any atom is 0.0748 e. The van der Waals surface area contributed by atoms with Crippen molar-refractivity contribution in [1.29, 1.82) is 0 Å². The Morgan fingerprint density at radius 3 is 2.17 bits per heavy atom. The van der Waals surface area contributed by atoms with E-state index in [1.807, 2.05) is 0 Å². The second-order valence-corrected chi connectivity index (χ2v) is 15.2. The molecule has 2 nitrogen and oxygen atoms in total. The largest absolute Gasteiger partial charge is 0.378 e. The fourth-order valence-corrected chi connectivity index (χ4v) is 10.1. The molecule has 0 fully saturated rings. The van der Waals surface area contributed by atoms with Crippen molar-refractivity contribution >= 4 is 46.0 Å². The zero-order chi connectivity index (χ0) is 31.2. The Labute approximate surface area is 273 Å². The van der Waals surface area contributed by atoms with Crippen LogP contribution in [0.5, 0.6) is 0 Å². The van der Waals surface area contributed by atoms with Crippen LogP contribution in [0.2, 0.25) is 0 Å². The molecule has 8 rings (SSSR count). The molecule has 1 aliphatic carbocycles. The zero-order valence-corrected chi connectivity index (χ0v) is 27.7. The zero-order valence-electron chi connectivity index (χ0n) is 26.8. The molecule has 2 bridgehead atoms. The topological polar surface area (TPSA) is 24.9 Å². The smallest absolute Gasteiger partial charge is 0.0748 e. The van der Waals surface area contributed by atoms with Gasteiger partial charge in [0, 0.05) is 33.8 Å². The fourth-order valence-electron chi connectivity index (χ4n) is 7.55. The van der Waals surface area contributed by atoms with Crippen LogP contribution in [0, 0.1) is 13.8 Å². The van der Waals surface area contributed by atoms with Crippen LogP contribution >= 0.6 is 7.92 Å². The van der Waals surface area contributed by atoms with Crippen LogP contribution in [0.3, 0.4) is 0 Å². The van der Waals surface area contributed by atoms with Gasteiger partial charge >= 0.3 is 0 Å². The van der Waals surface area contributed by atoms with E-state index in [1.165, 1.54) is 66.0 Å². The summed E-state index contributed by atoms with van der Waals surface area (Å²) in [5.41, 5.74) is 13.0. The second-order valence-electron chi connectivity index (χ2n) is 13.0. The second kappa shape index (κ2) is 12.0. The number of fused-ring (bicyclic) bond motifs is 2. The van der Waals surface area contributed by atoms with E-state index in [2.05, 4.69) is 154 Å². The summed E-state index contributed by atoms with van der Waals surface area (Å²) < 4.78 is 0. The van der Waals surface area contributed by atoms with Crippen molar-refractivity contribution in [3.8, 4) is 0 Å². The first kappa shape index (κ1) is 28.9. The van der Waals surface area contributed by atoms with Crippen LogP contribution < -0.4 is 15.9 Å². The van der Waals surface area contributed by atoms with Crippen molar-refractivity contribution in [3.05, 3.63) is 166 Å². The van der Waals surface area contributed by atoms with E-state index in [1.54, 1.807) is 0 Å². The van der Waals surface area contributed by atoms with E-state index in [-0.39, 0.29) is 12.0 Å². The summed E-state index contributed by atoms with van der Waals surface area (Å²) in [5.74, 6) is 0.216. The molecule has 0 saturated heterocycles. The Kier molecular flexibility index (Phi) is 7.55. The highest BCUT2D eigenvalue weighted by molar-refractivity contribution is 7.72. The van der Waals surface area contributed by atoms with Gasteiger partial charge in [0.05, 0.1) is 17.1 Å². The first-order valence-corrected chi connectivity index (χ1v) is 18.0. The molecule has 2 heterocycles. The van der Waals surface area contributed by atoms with Crippen molar-refractivity contribution in [3.63, 3.8) is 0 Å². The lowest BCUT2D eigenvalue weighted by molar-refractivity contribution is 0.684. The normalized spacial score (nSPS) is 19.6. The average molecular weight is 615 g/mol. The molecule has 46 heavy (non-hydrogen) atoms. The number of pyridine rings is 1. The summed E-state index contributed by atoms with van der Waals surface area (Å²) >= 11 is 0. The molecular weight excluding hydrogens is 575 g/mol. The summed E-state index contributed by atoms with van der Waals surface area (Å²) in [5, 5.41) is 9.48. The summed E-state index contributed by atoms with van der Waals surface area (Å²) in [4.78, 5) is 5.60. The molecular formula is C43H39N2P. The van der Waals surface area contributed by atoms with Crippen LogP contribution in [-0.2, 0) is 12.6 Å². The van der Waals surface area contributed by atoms with Gasteiger partial charge in [-0.05, 0) is 86.8 Å². The van der Waals surface area contributed by atoms with Gasteiger partial charge in [0.1, 0.15) is 0 Å². The Morgan fingerprint density at radius 1 is 0.717 bits per heavy atom. The number of para-hydroxylation sites is 2. The van der Waals surface area contributed by atoms with E-state index < -0.39 is 7.92 Å². The summed E-state index contributed by atoms with van der Waals surface area (Å²) in [6, 6.07) is 43.1. The first-order valence-electron chi connectivity index (χ1n) is 16.5. The third kappa shape index (κ3) is 5.25. The molecule has 0 amide bonds. The summed E-state index contributed by atoms with van der Waals surface area (Å²) in [6.45, 7) is 6.76. The maximum atomic E-state index is 5.60. The Hall–Kier alpha value is -4.52. The molecule has 3 heteroatoms. The highest BCUT2D eigenvalue weighted by atomic mass is 31.1. The van der Waals surface area contributed by atoms with Gasteiger partial charge in [0.25, 0.3) is 0 Å². The molecule has 3 atom stereocenters. The number of anilines is 1. The number of hydrogen-bond acceptors (Lipinski definition) is 2. The molecule has 5 aromatic carbocycles. The monoisotopic (exact) mass is 614 g/mol. The Balaban J connectivity index is 1.44. The van der Waals surface area contributed by atoms with Crippen molar-refractivity contribution in [2.24, 2.45) is 0 Å². The SMILES string of the molecule is CC1=CCC2Nc3ccc(C)cc3P(c3ccccc3)Cc3cccc4c(C)c5cccc(c5nc34)CC(c3ccccc3)C2=C1. The number of nitrogens with zero attached hydrogens (tertiary/aromatic N) is 1. The molecule has 0 saturated carbocycles. The molecule has 0 spiro atoms. The van der Waals surface area contributed by atoms with E-state index in [0.29, 0.717) is 0 Å². The van der Waals surface area contributed by atoms with Gasteiger partial charge in [-0.15, -0.1) is 0 Å². The van der Waals surface area contributed by atoms with E-state index >= 15 is 0 Å². The number of nitrogens with one attached hydrogen (secondary N) is 1. The standard InChI is InChI=1S/C43H39N2P/c1-28-20-22-39-38(24-28)37(31-12-6-4-7-13-31)26-32-14-10-18-35-30(3)36-19-11-15-33(43(36)45-42(32)35)27-46(34-16-8-5-9-17-34)41-25-29(2)21-23-40(41)44-39/h4-21,23-25,37,39,44H,22,26-27H2,1-3H3. The Morgan fingerprint density at radius 2 is 1.41 bits per heavy atom. The van der Waals surface area contributed by atoms with Crippen molar-refractivity contribution in [2.45, 2.75) is 51.7 Å². The molecule has 3 unspecified atom stereocenters. The predicted octanol–water partition coefficient (Wildman–Crippen LogP) is 10.0. The molecule has 226 valence electrons. The summed E-state index contributed by atoms with van der Waals surface area (Å²) in [6.07, 6.45) is 7.66. The quantitative estimate of drug-likeness (QED) is 0.155. The van der Waals surface area contributed by atoms with Crippen molar-refractivity contribution < 1.29 is 0 Å². The van der Waals surface area contributed by atoms with E-state index in [0.717, 1.165) is 30.0 Å². The van der Waals surface area contributed by atoms with Crippen LogP contribution in [-0.4, -0.2) is 11.0 Å². The third-order valence-corrected chi connectivity index (χ3v) is 12.5. The highest BCUT2D eigenvalue weighted by Gasteiger charge is 2.29. The molecule has 1 N–H and O–H groups in total. The predicted molar refractivity (Wildman–Crippen MR) is 198 cm³/mol. The van der Waals surface area contributed by atoms with Crippen LogP contribution in [0.1, 0.15) is 47.1 Å². The van der Waals surface area contributed by atoms with Gasteiger partial charge < -0.3 is 5.32 Å². The first-order chi connectivity index (χ1) is 22.5. The lowest BCUT2D eigenvalue weighted by Crippen LogP contribution is -2.31. The lowest BCUT2D eigenvalue weighted by atomic mass is 9.78. The summed E-state index contributed by atoms with van der Waals surface area (Å²) in [7, 11) is -0.722. The van der Waals surface area contributed by atoms with Gasteiger partial charge in [-0.2, -0.15) is 0 Å². The van der Waals surface area contributed by atoms with Gasteiger partial charge in [0.15, 0.2) is 0 Å². The number of aryl methyl sites for hydroxylation is 2. The number of rotatable bonds is 2. The minimum atomic E-state index is -0.722. The van der Waals surface area contributed by atoms with Gasteiger partial charge in [-0.3, -0.25) is 0 Å². The van der Waals surface area contributed by atoms with Gasteiger partial charge in [-0.1, -0.05) is 126 Å². The van der Waals surface area contributed by atoms with E-state index in [9.17, 15) is 0 Å². The Bertz CT molecular complexity index is 2150. The molecule has 1 aliphatic heterocycles. The molecule has 1 aromatic heterocycles. The highest BCUT2D eigenvalue weighted by Crippen LogP contribution is 2.44. The van der Waals surface area contributed by atoms with Gasteiger partial charge in [0.2, 0.25) is 0 Å². The van der Waals surface area contributed by atoms with E-state index in [4.69, 9.17) is 4.98 Å². The molecule has 2 aliphatic rings.